The van der Waals surface area contributed by atoms with Crippen molar-refractivity contribution < 1.29 is 24.2 Å². The predicted octanol–water partition coefficient (Wildman–Crippen LogP) is 1.75. The van der Waals surface area contributed by atoms with Crippen LogP contribution >= 0.6 is 0 Å². The number of carboxylic acids is 1. The SMILES string of the molecule is COc1ccccc1CC(=O)N1CCC(NC(=O)c2ccc(C(=O)O)nc2)CC1. The molecule has 8 nitrogen and oxygen atoms in total. The largest absolute Gasteiger partial charge is 0.496 e. The first kappa shape index (κ1) is 20.3. The van der Waals surface area contributed by atoms with Gasteiger partial charge in [-0.15, -0.1) is 0 Å². The zero-order valence-corrected chi connectivity index (χ0v) is 16.1. The number of aromatic nitrogens is 1. The number of rotatable bonds is 6. The predicted molar refractivity (Wildman–Crippen MR) is 105 cm³/mol. The molecule has 0 bridgehead atoms. The average molecular weight is 397 g/mol. The molecule has 1 aromatic carbocycles. The fourth-order valence-corrected chi connectivity index (χ4v) is 3.32. The third-order valence-electron chi connectivity index (χ3n) is 4.96. The summed E-state index contributed by atoms with van der Waals surface area (Å²) in [6.45, 7) is 1.13. The molecular formula is C21H23N3O5. The Morgan fingerprint density at radius 3 is 2.52 bits per heavy atom. The quantitative estimate of drug-likeness (QED) is 0.769. The van der Waals surface area contributed by atoms with Crippen LogP contribution < -0.4 is 10.1 Å². The van der Waals surface area contributed by atoms with Crippen LogP contribution in [0.5, 0.6) is 5.75 Å². The van der Waals surface area contributed by atoms with Crippen molar-refractivity contribution in [2.45, 2.75) is 25.3 Å². The van der Waals surface area contributed by atoms with Crippen molar-refractivity contribution in [3.63, 3.8) is 0 Å². The number of benzene rings is 1. The molecule has 29 heavy (non-hydrogen) atoms. The lowest BCUT2D eigenvalue weighted by atomic mass is 10.0. The smallest absolute Gasteiger partial charge is 0.354 e. The fourth-order valence-electron chi connectivity index (χ4n) is 3.32. The van der Waals surface area contributed by atoms with E-state index in [-0.39, 0.29) is 30.0 Å². The van der Waals surface area contributed by atoms with Gasteiger partial charge in [0.15, 0.2) is 0 Å². The van der Waals surface area contributed by atoms with Gasteiger partial charge in [-0.1, -0.05) is 18.2 Å². The lowest BCUT2D eigenvalue weighted by Crippen LogP contribution is -2.47. The molecule has 0 spiro atoms. The minimum Gasteiger partial charge on any atom is -0.496 e. The summed E-state index contributed by atoms with van der Waals surface area (Å²) in [7, 11) is 1.59. The molecule has 0 atom stereocenters. The Kier molecular flexibility index (Phi) is 6.43. The van der Waals surface area contributed by atoms with Gasteiger partial charge >= 0.3 is 5.97 Å². The molecular weight excluding hydrogens is 374 g/mol. The summed E-state index contributed by atoms with van der Waals surface area (Å²) in [5.74, 6) is -0.700. The van der Waals surface area contributed by atoms with E-state index in [1.165, 1.54) is 18.3 Å². The van der Waals surface area contributed by atoms with Crippen LogP contribution in [0.25, 0.3) is 0 Å². The number of likely N-dealkylation sites (tertiary alicyclic amines) is 1. The molecule has 2 amide bonds. The van der Waals surface area contributed by atoms with E-state index in [0.29, 0.717) is 37.2 Å². The van der Waals surface area contributed by atoms with Crippen molar-refractivity contribution in [2.75, 3.05) is 20.2 Å². The molecule has 1 saturated heterocycles. The first-order valence-electron chi connectivity index (χ1n) is 9.38. The molecule has 0 unspecified atom stereocenters. The second-order valence-corrected chi connectivity index (χ2v) is 6.85. The highest BCUT2D eigenvalue weighted by molar-refractivity contribution is 5.95. The average Bonchev–Trinajstić information content (AvgIpc) is 2.74. The Bertz CT molecular complexity index is 889. The molecule has 0 radical (unpaired) electrons. The summed E-state index contributed by atoms with van der Waals surface area (Å²) >= 11 is 0. The minimum absolute atomic E-state index is 0.0349. The van der Waals surface area contributed by atoms with E-state index < -0.39 is 5.97 Å². The van der Waals surface area contributed by atoms with Crippen LogP contribution in [-0.4, -0.2) is 59.0 Å². The van der Waals surface area contributed by atoms with E-state index >= 15 is 0 Å². The third-order valence-corrected chi connectivity index (χ3v) is 4.96. The molecule has 0 saturated carbocycles. The van der Waals surface area contributed by atoms with Gasteiger partial charge in [0.05, 0.1) is 19.1 Å². The Hall–Kier alpha value is -3.42. The fraction of sp³-hybridized carbons (Fsp3) is 0.333. The van der Waals surface area contributed by atoms with Crippen molar-refractivity contribution in [3.8, 4) is 5.75 Å². The second kappa shape index (κ2) is 9.18. The van der Waals surface area contributed by atoms with Gasteiger partial charge in [0, 0.05) is 30.9 Å². The van der Waals surface area contributed by atoms with Crippen LogP contribution in [0.15, 0.2) is 42.6 Å². The summed E-state index contributed by atoms with van der Waals surface area (Å²) in [6.07, 6.45) is 2.85. The van der Waals surface area contributed by atoms with E-state index in [1.807, 2.05) is 24.3 Å². The molecule has 3 rings (SSSR count). The number of para-hydroxylation sites is 1. The Balaban J connectivity index is 1.50. The third kappa shape index (κ3) is 5.10. The lowest BCUT2D eigenvalue weighted by Gasteiger charge is -2.32. The van der Waals surface area contributed by atoms with E-state index in [2.05, 4.69) is 10.3 Å². The number of amides is 2. The van der Waals surface area contributed by atoms with Gasteiger partial charge in [0.25, 0.3) is 5.91 Å². The topological polar surface area (TPSA) is 109 Å². The summed E-state index contributed by atoms with van der Waals surface area (Å²) < 4.78 is 5.30. The van der Waals surface area contributed by atoms with E-state index in [1.54, 1.807) is 12.0 Å². The number of pyridine rings is 1. The molecule has 1 fully saturated rings. The van der Waals surface area contributed by atoms with Crippen molar-refractivity contribution in [2.24, 2.45) is 0 Å². The van der Waals surface area contributed by atoms with Crippen LogP contribution in [-0.2, 0) is 11.2 Å². The van der Waals surface area contributed by atoms with Gasteiger partial charge in [0.2, 0.25) is 5.91 Å². The highest BCUT2D eigenvalue weighted by atomic mass is 16.5. The maximum Gasteiger partial charge on any atom is 0.354 e. The lowest BCUT2D eigenvalue weighted by molar-refractivity contribution is -0.131. The van der Waals surface area contributed by atoms with Crippen molar-refractivity contribution in [1.29, 1.82) is 0 Å². The zero-order chi connectivity index (χ0) is 20.8. The molecule has 1 aliphatic rings. The highest BCUT2D eigenvalue weighted by Crippen LogP contribution is 2.20. The minimum atomic E-state index is -1.14. The van der Waals surface area contributed by atoms with Crippen molar-refractivity contribution in [3.05, 3.63) is 59.4 Å². The number of piperidine rings is 1. The zero-order valence-electron chi connectivity index (χ0n) is 16.1. The standard InChI is InChI=1S/C21H23N3O5/c1-29-18-5-3-2-4-14(18)12-19(25)24-10-8-16(9-11-24)23-20(26)15-6-7-17(21(27)28)22-13-15/h2-7,13,16H,8-12H2,1H3,(H,23,26)(H,27,28). The van der Waals surface area contributed by atoms with E-state index in [9.17, 15) is 14.4 Å². The summed E-state index contributed by atoms with van der Waals surface area (Å²) in [4.78, 5) is 41.3. The Labute approximate surface area is 168 Å². The molecule has 1 aromatic heterocycles. The van der Waals surface area contributed by atoms with Gasteiger partial charge in [-0.3, -0.25) is 9.59 Å². The van der Waals surface area contributed by atoms with E-state index in [0.717, 1.165) is 5.56 Å². The molecule has 0 aliphatic carbocycles. The van der Waals surface area contributed by atoms with Crippen LogP contribution in [0.4, 0.5) is 0 Å². The summed E-state index contributed by atoms with van der Waals surface area (Å²) in [6, 6.07) is 10.2. The normalized spacial score (nSPS) is 14.3. The maximum absolute atomic E-state index is 12.6. The number of methoxy groups -OCH3 is 1. The van der Waals surface area contributed by atoms with Gasteiger partial charge in [-0.25, -0.2) is 9.78 Å². The van der Waals surface area contributed by atoms with Gasteiger partial charge in [-0.05, 0) is 31.0 Å². The molecule has 1 aliphatic heterocycles. The number of nitrogens with zero attached hydrogens (tertiary/aromatic N) is 2. The number of carboxylic acid groups (broad SMARTS) is 1. The molecule has 8 heteroatoms. The number of ether oxygens (including phenoxy) is 1. The number of carbonyl (C=O) groups is 3. The second-order valence-electron chi connectivity index (χ2n) is 6.85. The molecule has 2 heterocycles. The van der Waals surface area contributed by atoms with Crippen molar-refractivity contribution >= 4 is 17.8 Å². The Morgan fingerprint density at radius 1 is 1.17 bits per heavy atom. The van der Waals surface area contributed by atoms with Crippen LogP contribution in [0, 0.1) is 0 Å². The first-order valence-corrected chi connectivity index (χ1v) is 9.38. The van der Waals surface area contributed by atoms with Crippen molar-refractivity contribution in [1.82, 2.24) is 15.2 Å². The van der Waals surface area contributed by atoms with Crippen LogP contribution in [0.1, 0.15) is 39.3 Å². The number of hydrogen-bond donors (Lipinski definition) is 2. The number of aromatic carboxylic acids is 1. The monoisotopic (exact) mass is 397 g/mol. The molecule has 2 aromatic rings. The van der Waals surface area contributed by atoms with Crippen LogP contribution in [0.2, 0.25) is 0 Å². The highest BCUT2D eigenvalue weighted by Gasteiger charge is 2.25. The first-order chi connectivity index (χ1) is 14.0. The molecule has 152 valence electrons. The number of hydrogen-bond acceptors (Lipinski definition) is 5. The van der Waals surface area contributed by atoms with E-state index in [4.69, 9.17) is 9.84 Å². The van der Waals surface area contributed by atoms with Gasteiger partial charge in [-0.2, -0.15) is 0 Å². The van der Waals surface area contributed by atoms with Gasteiger partial charge < -0.3 is 20.1 Å². The summed E-state index contributed by atoms with van der Waals surface area (Å²) in [5, 5.41) is 11.8. The molecule has 2 N–H and O–H groups in total. The maximum atomic E-state index is 12.6. The number of nitrogens with one attached hydrogen (secondary N) is 1. The van der Waals surface area contributed by atoms with Crippen LogP contribution in [0.3, 0.4) is 0 Å². The Morgan fingerprint density at radius 2 is 1.90 bits per heavy atom. The number of carbonyl (C=O) groups excluding carboxylic acids is 2. The summed E-state index contributed by atoms with van der Waals surface area (Å²) in [5.41, 5.74) is 1.06. The van der Waals surface area contributed by atoms with Gasteiger partial charge in [0.1, 0.15) is 11.4 Å².